The van der Waals surface area contributed by atoms with Crippen LogP contribution in [-0.4, -0.2) is 37.2 Å². The normalized spacial score (nSPS) is 19.6. The Morgan fingerprint density at radius 2 is 1.80 bits per heavy atom. The van der Waals surface area contributed by atoms with Gasteiger partial charge in [-0.3, -0.25) is 10.1 Å². The van der Waals surface area contributed by atoms with Crippen LogP contribution in [0.15, 0.2) is 30.3 Å². The molecule has 7 nitrogen and oxygen atoms in total. The number of carbonyl (C=O) groups is 3. The highest BCUT2D eigenvalue weighted by atomic mass is 16.6. The first-order chi connectivity index (χ1) is 12.0. The van der Waals surface area contributed by atoms with Crippen molar-refractivity contribution < 1.29 is 23.9 Å². The second-order valence-electron chi connectivity index (χ2n) is 6.15. The van der Waals surface area contributed by atoms with Gasteiger partial charge in [0.25, 0.3) is 5.91 Å². The highest BCUT2D eigenvalue weighted by Crippen LogP contribution is 2.23. The van der Waals surface area contributed by atoms with Crippen LogP contribution >= 0.6 is 0 Å². The number of esters is 1. The Morgan fingerprint density at radius 1 is 1.08 bits per heavy atom. The predicted molar refractivity (Wildman–Crippen MR) is 91.0 cm³/mol. The lowest BCUT2D eigenvalue weighted by Crippen LogP contribution is -2.48. The number of amides is 3. The number of imide groups is 1. The molecule has 1 aromatic rings. The predicted octanol–water partition coefficient (Wildman–Crippen LogP) is 2.01. The van der Waals surface area contributed by atoms with Gasteiger partial charge in [-0.1, -0.05) is 38.0 Å². The zero-order valence-corrected chi connectivity index (χ0v) is 14.3. The van der Waals surface area contributed by atoms with Gasteiger partial charge in [0.2, 0.25) is 0 Å². The van der Waals surface area contributed by atoms with Gasteiger partial charge in [-0.25, -0.2) is 9.59 Å². The summed E-state index contributed by atoms with van der Waals surface area (Å²) in [4.78, 5) is 35.0. The van der Waals surface area contributed by atoms with Crippen LogP contribution in [0.3, 0.4) is 0 Å². The molecule has 1 aromatic carbocycles. The van der Waals surface area contributed by atoms with Crippen LogP contribution in [0.2, 0.25) is 0 Å². The number of nitrogens with one attached hydrogen (secondary N) is 2. The van der Waals surface area contributed by atoms with E-state index in [2.05, 4.69) is 17.6 Å². The monoisotopic (exact) mass is 348 g/mol. The van der Waals surface area contributed by atoms with Crippen molar-refractivity contribution in [1.82, 2.24) is 10.6 Å². The zero-order chi connectivity index (χ0) is 18.1. The SMILES string of the molecule is C[C@@H]1CCCC[C@@H]1NC(=O)NC(=O)COC(=O)COc1ccccc1. The summed E-state index contributed by atoms with van der Waals surface area (Å²) >= 11 is 0. The summed E-state index contributed by atoms with van der Waals surface area (Å²) in [6.07, 6.45) is 4.22. The summed E-state index contributed by atoms with van der Waals surface area (Å²) in [6.45, 7) is 1.26. The van der Waals surface area contributed by atoms with Crippen LogP contribution in [0.5, 0.6) is 5.75 Å². The number of benzene rings is 1. The van der Waals surface area contributed by atoms with Crippen molar-refractivity contribution in [3.05, 3.63) is 30.3 Å². The fourth-order valence-electron chi connectivity index (χ4n) is 2.74. The number of hydrogen-bond acceptors (Lipinski definition) is 5. The van der Waals surface area contributed by atoms with Crippen molar-refractivity contribution >= 4 is 17.9 Å². The standard InChI is InChI=1S/C18H24N2O5/c1-13-7-5-6-10-15(13)19-18(23)20-16(21)11-25-17(22)12-24-14-8-3-2-4-9-14/h2-4,8-9,13,15H,5-7,10-12H2,1H3,(H2,19,20,21,23)/t13-,15+/m1/s1. The lowest BCUT2D eigenvalue weighted by Gasteiger charge is -2.29. The number of urea groups is 1. The third kappa shape index (κ3) is 6.82. The number of carbonyl (C=O) groups excluding carboxylic acids is 3. The summed E-state index contributed by atoms with van der Waals surface area (Å²) in [5, 5.41) is 4.97. The summed E-state index contributed by atoms with van der Waals surface area (Å²) in [7, 11) is 0. The molecule has 0 saturated heterocycles. The van der Waals surface area contributed by atoms with E-state index >= 15 is 0 Å². The number of ether oxygens (including phenoxy) is 2. The van der Waals surface area contributed by atoms with Gasteiger partial charge in [-0.15, -0.1) is 0 Å². The van der Waals surface area contributed by atoms with E-state index in [9.17, 15) is 14.4 Å². The second-order valence-corrected chi connectivity index (χ2v) is 6.15. The first kappa shape index (κ1) is 18.8. The summed E-state index contributed by atoms with van der Waals surface area (Å²) in [5.41, 5.74) is 0. The molecule has 0 bridgehead atoms. The first-order valence-corrected chi connectivity index (χ1v) is 8.48. The van der Waals surface area contributed by atoms with Crippen LogP contribution in [-0.2, 0) is 14.3 Å². The molecule has 0 spiro atoms. The zero-order valence-electron chi connectivity index (χ0n) is 14.3. The van der Waals surface area contributed by atoms with Crippen molar-refractivity contribution in [2.45, 2.75) is 38.6 Å². The molecular formula is C18H24N2O5. The van der Waals surface area contributed by atoms with Gasteiger partial charge in [-0.2, -0.15) is 0 Å². The second kappa shape index (κ2) is 9.66. The summed E-state index contributed by atoms with van der Waals surface area (Å²) in [6, 6.07) is 8.31. The van der Waals surface area contributed by atoms with Gasteiger partial charge in [0, 0.05) is 6.04 Å². The number of rotatable bonds is 6. The fraction of sp³-hybridized carbons (Fsp3) is 0.500. The molecule has 2 atom stereocenters. The molecule has 7 heteroatoms. The molecule has 1 aliphatic carbocycles. The molecule has 0 unspecified atom stereocenters. The third-order valence-electron chi connectivity index (χ3n) is 4.15. The smallest absolute Gasteiger partial charge is 0.344 e. The molecule has 1 saturated carbocycles. The molecule has 25 heavy (non-hydrogen) atoms. The largest absolute Gasteiger partial charge is 0.482 e. The van der Waals surface area contributed by atoms with Crippen molar-refractivity contribution in [2.24, 2.45) is 5.92 Å². The van der Waals surface area contributed by atoms with E-state index in [1.807, 2.05) is 6.07 Å². The minimum Gasteiger partial charge on any atom is -0.482 e. The average molecular weight is 348 g/mol. The molecular weight excluding hydrogens is 324 g/mol. The molecule has 0 aromatic heterocycles. The van der Waals surface area contributed by atoms with E-state index < -0.39 is 24.5 Å². The Morgan fingerprint density at radius 3 is 2.52 bits per heavy atom. The van der Waals surface area contributed by atoms with Gasteiger partial charge < -0.3 is 14.8 Å². The van der Waals surface area contributed by atoms with Gasteiger partial charge in [0.05, 0.1) is 0 Å². The Kier molecular flexibility index (Phi) is 7.25. The molecule has 136 valence electrons. The minimum atomic E-state index is -0.680. The van der Waals surface area contributed by atoms with Crippen molar-refractivity contribution in [2.75, 3.05) is 13.2 Å². The maximum Gasteiger partial charge on any atom is 0.344 e. The molecule has 3 amide bonds. The maximum absolute atomic E-state index is 11.8. The van der Waals surface area contributed by atoms with Gasteiger partial charge in [0.15, 0.2) is 13.2 Å². The van der Waals surface area contributed by atoms with E-state index in [0.29, 0.717) is 11.7 Å². The topological polar surface area (TPSA) is 93.7 Å². The van der Waals surface area contributed by atoms with Crippen LogP contribution in [0.4, 0.5) is 4.79 Å². The van der Waals surface area contributed by atoms with E-state index in [1.165, 1.54) is 6.42 Å². The molecule has 0 radical (unpaired) electrons. The van der Waals surface area contributed by atoms with Gasteiger partial charge in [-0.05, 0) is 30.9 Å². The Bertz CT molecular complexity index is 590. The lowest BCUT2D eigenvalue weighted by atomic mass is 9.86. The van der Waals surface area contributed by atoms with E-state index in [4.69, 9.17) is 9.47 Å². The Labute approximate surface area is 147 Å². The maximum atomic E-state index is 11.8. The average Bonchev–Trinajstić information content (AvgIpc) is 2.61. The molecule has 0 heterocycles. The van der Waals surface area contributed by atoms with E-state index in [0.717, 1.165) is 19.3 Å². The van der Waals surface area contributed by atoms with Crippen LogP contribution in [0.25, 0.3) is 0 Å². The van der Waals surface area contributed by atoms with E-state index in [1.54, 1.807) is 24.3 Å². The summed E-state index contributed by atoms with van der Waals surface area (Å²) < 4.78 is 9.99. The number of hydrogen-bond donors (Lipinski definition) is 2. The molecule has 2 N–H and O–H groups in total. The van der Waals surface area contributed by atoms with Crippen molar-refractivity contribution in [1.29, 1.82) is 0 Å². The number of para-hydroxylation sites is 1. The van der Waals surface area contributed by atoms with Crippen LogP contribution < -0.4 is 15.4 Å². The highest BCUT2D eigenvalue weighted by molar-refractivity contribution is 5.95. The summed E-state index contributed by atoms with van der Waals surface area (Å²) in [5.74, 6) is -0.429. The molecule has 2 rings (SSSR count). The third-order valence-corrected chi connectivity index (χ3v) is 4.15. The lowest BCUT2D eigenvalue weighted by molar-refractivity contribution is -0.150. The van der Waals surface area contributed by atoms with Crippen molar-refractivity contribution in [3.63, 3.8) is 0 Å². The Hall–Kier alpha value is -2.57. The fourth-order valence-corrected chi connectivity index (χ4v) is 2.74. The minimum absolute atomic E-state index is 0.0726. The van der Waals surface area contributed by atoms with Gasteiger partial charge in [0.1, 0.15) is 5.75 Å². The molecule has 1 fully saturated rings. The highest BCUT2D eigenvalue weighted by Gasteiger charge is 2.23. The van der Waals surface area contributed by atoms with E-state index in [-0.39, 0.29) is 12.6 Å². The molecule has 0 aliphatic heterocycles. The van der Waals surface area contributed by atoms with Gasteiger partial charge >= 0.3 is 12.0 Å². The quantitative estimate of drug-likeness (QED) is 0.767. The van der Waals surface area contributed by atoms with Crippen LogP contribution in [0, 0.1) is 5.92 Å². The molecule has 1 aliphatic rings. The van der Waals surface area contributed by atoms with Crippen LogP contribution in [0.1, 0.15) is 32.6 Å². The first-order valence-electron chi connectivity index (χ1n) is 8.48. The Balaban J connectivity index is 1.62. The van der Waals surface area contributed by atoms with Crippen molar-refractivity contribution in [3.8, 4) is 5.75 Å².